The highest BCUT2D eigenvalue weighted by Gasteiger charge is 2.32. The normalized spacial score (nSPS) is 18.4. The number of nitrogens with zero attached hydrogens (tertiary/aromatic N) is 3. The maximum atomic E-state index is 12.6. The van der Waals surface area contributed by atoms with Crippen LogP contribution in [0.5, 0.6) is 0 Å². The van der Waals surface area contributed by atoms with Crippen LogP contribution >= 0.6 is 39.0 Å². The Morgan fingerprint density at radius 1 is 1.43 bits per heavy atom. The fourth-order valence-electron chi connectivity index (χ4n) is 2.09. The molecule has 7 heteroatoms. The van der Waals surface area contributed by atoms with Gasteiger partial charge in [0.25, 0.3) is 5.91 Å². The molecular formula is C16H14BrN3OS2. The van der Waals surface area contributed by atoms with Crippen LogP contribution in [0.4, 0.5) is 5.13 Å². The number of hydrogen-bond acceptors (Lipinski definition) is 5. The predicted octanol–water partition coefficient (Wildman–Crippen LogP) is 4.84. The lowest BCUT2D eigenvalue weighted by molar-refractivity contribution is -0.122. The lowest BCUT2D eigenvalue weighted by Crippen LogP contribution is -2.28. The number of aryl methyl sites for hydroxylation is 1. The first-order valence-electron chi connectivity index (χ1n) is 7.04. The van der Waals surface area contributed by atoms with Crippen molar-refractivity contribution in [3.63, 3.8) is 0 Å². The van der Waals surface area contributed by atoms with Crippen LogP contribution in [0, 0.1) is 6.92 Å². The number of thiazole rings is 1. The lowest BCUT2D eigenvalue weighted by Gasteiger charge is -2.11. The molecule has 3 rings (SSSR count). The molecular weight excluding hydrogens is 394 g/mol. The van der Waals surface area contributed by atoms with E-state index in [4.69, 9.17) is 0 Å². The van der Waals surface area contributed by atoms with Gasteiger partial charge in [0, 0.05) is 16.4 Å². The van der Waals surface area contributed by atoms with Crippen LogP contribution < -0.4 is 0 Å². The summed E-state index contributed by atoms with van der Waals surface area (Å²) in [7, 11) is 0. The minimum Gasteiger partial charge on any atom is -0.287 e. The Kier molecular flexibility index (Phi) is 4.99. The largest absolute Gasteiger partial charge is 0.287 e. The molecule has 1 aromatic heterocycles. The van der Waals surface area contributed by atoms with Crippen molar-refractivity contribution in [1.82, 2.24) is 9.88 Å². The number of aromatic nitrogens is 1. The van der Waals surface area contributed by atoms with Gasteiger partial charge in [-0.2, -0.15) is 4.99 Å². The lowest BCUT2D eigenvalue weighted by atomic mass is 10.2. The maximum absolute atomic E-state index is 12.6. The highest BCUT2D eigenvalue weighted by Crippen LogP contribution is 2.34. The summed E-state index contributed by atoms with van der Waals surface area (Å²) in [5.74, 6) is -0.00972. The first kappa shape index (κ1) is 16.4. The molecule has 0 N–H and O–H groups in total. The van der Waals surface area contributed by atoms with E-state index in [0.717, 1.165) is 15.7 Å². The Labute approximate surface area is 151 Å². The molecule has 0 radical (unpaired) electrons. The van der Waals surface area contributed by atoms with Gasteiger partial charge >= 0.3 is 0 Å². The molecule has 1 aliphatic heterocycles. The van der Waals surface area contributed by atoms with Crippen molar-refractivity contribution < 1.29 is 4.79 Å². The van der Waals surface area contributed by atoms with Crippen molar-refractivity contribution in [1.29, 1.82) is 0 Å². The van der Waals surface area contributed by atoms with Crippen LogP contribution in [0.3, 0.4) is 0 Å². The van der Waals surface area contributed by atoms with E-state index in [9.17, 15) is 4.79 Å². The van der Waals surface area contributed by atoms with Crippen molar-refractivity contribution >= 4 is 61.3 Å². The van der Waals surface area contributed by atoms with E-state index >= 15 is 0 Å². The summed E-state index contributed by atoms with van der Waals surface area (Å²) in [6.45, 7) is 4.47. The van der Waals surface area contributed by atoms with Crippen LogP contribution in [-0.2, 0) is 4.79 Å². The molecule has 1 saturated heterocycles. The number of carbonyl (C=O) groups is 1. The third-order valence-corrected chi connectivity index (χ3v) is 5.50. The molecule has 0 bridgehead atoms. The molecule has 0 spiro atoms. The average molecular weight is 408 g/mol. The number of halogens is 1. The number of amidine groups is 1. The van der Waals surface area contributed by atoms with E-state index < -0.39 is 0 Å². The van der Waals surface area contributed by atoms with Crippen molar-refractivity contribution in [2.24, 2.45) is 4.99 Å². The smallest absolute Gasteiger partial charge is 0.266 e. The topological polar surface area (TPSA) is 45.6 Å². The van der Waals surface area contributed by atoms with Crippen LogP contribution in [0.15, 0.2) is 44.0 Å². The molecule has 0 atom stereocenters. The minimum absolute atomic E-state index is 0.00972. The highest BCUT2D eigenvalue weighted by atomic mass is 79.9. The van der Waals surface area contributed by atoms with Gasteiger partial charge in [-0.15, -0.1) is 11.3 Å². The molecule has 1 aliphatic rings. The SMILES string of the molecule is CCN1C(=O)/C(=C/c2cccc(Br)c2)S/C1=N/c1nc(C)cs1. The number of aliphatic imine (C=N–C) groups is 1. The summed E-state index contributed by atoms with van der Waals surface area (Å²) in [5.41, 5.74) is 1.93. The van der Waals surface area contributed by atoms with Crippen LogP contribution in [0.25, 0.3) is 6.08 Å². The summed E-state index contributed by atoms with van der Waals surface area (Å²) in [4.78, 5) is 23.8. The van der Waals surface area contributed by atoms with Gasteiger partial charge in [-0.1, -0.05) is 28.1 Å². The Hall–Kier alpha value is -1.44. The molecule has 4 nitrogen and oxygen atoms in total. The van der Waals surface area contributed by atoms with Crippen molar-refractivity contribution in [2.75, 3.05) is 6.54 Å². The quantitative estimate of drug-likeness (QED) is 0.683. The molecule has 1 aromatic carbocycles. The molecule has 1 amide bonds. The number of amides is 1. The van der Waals surface area contributed by atoms with Gasteiger partial charge in [0.2, 0.25) is 5.13 Å². The second-order valence-corrected chi connectivity index (χ2v) is 7.64. The first-order valence-corrected chi connectivity index (χ1v) is 9.53. The number of thioether (sulfide) groups is 1. The fraction of sp³-hybridized carbons (Fsp3) is 0.188. The van der Waals surface area contributed by atoms with Gasteiger partial charge in [-0.3, -0.25) is 9.69 Å². The maximum Gasteiger partial charge on any atom is 0.266 e. The van der Waals surface area contributed by atoms with E-state index in [1.807, 2.05) is 49.6 Å². The third-order valence-electron chi connectivity index (χ3n) is 3.15. The van der Waals surface area contributed by atoms with Crippen molar-refractivity contribution in [2.45, 2.75) is 13.8 Å². The Bertz CT molecular complexity index is 813. The van der Waals surface area contributed by atoms with Gasteiger partial charge in [0.05, 0.1) is 10.6 Å². The number of benzene rings is 1. The minimum atomic E-state index is -0.00972. The van der Waals surface area contributed by atoms with Gasteiger partial charge < -0.3 is 0 Å². The summed E-state index contributed by atoms with van der Waals surface area (Å²) in [6, 6.07) is 7.87. The first-order chi connectivity index (χ1) is 11.1. The predicted molar refractivity (Wildman–Crippen MR) is 101 cm³/mol. The molecule has 2 heterocycles. The standard InChI is InChI=1S/C16H14BrN3OS2/c1-3-20-14(21)13(8-11-5-4-6-12(17)7-11)23-16(20)19-15-18-10(2)9-22-15/h4-9H,3H2,1-2H3/b13-8-,19-16+. The van der Waals surface area contributed by atoms with E-state index in [1.165, 1.54) is 23.1 Å². The second kappa shape index (κ2) is 6.98. The molecule has 118 valence electrons. The Morgan fingerprint density at radius 2 is 2.26 bits per heavy atom. The zero-order valence-electron chi connectivity index (χ0n) is 12.6. The monoisotopic (exact) mass is 407 g/mol. The van der Waals surface area contributed by atoms with Gasteiger partial charge in [-0.25, -0.2) is 4.98 Å². The van der Waals surface area contributed by atoms with Crippen LogP contribution in [0.2, 0.25) is 0 Å². The van der Waals surface area contributed by atoms with E-state index in [2.05, 4.69) is 25.9 Å². The van der Waals surface area contributed by atoms with Crippen LogP contribution in [0.1, 0.15) is 18.2 Å². The fourth-order valence-corrected chi connectivity index (χ4v) is 4.28. The van der Waals surface area contributed by atoms with Gasteiger partial charge in [-0.05, 0) is 49.4 Å². The zero-order valence-corrected chi connectivity index (χ0v) is 15.8. The molecule has 23 heavy (non-hydrogen) atoms. The Balaban J connectivity index is 1.93. The van der Waals surface area contributed by atoms with E-state index in [1.54, 1.807) is 4.90 Å². The molecule has 0 saturated carbocycles. The molecule has 1 fully saturated rings. The summed E-state index contributed by atoms with van der Waals surface area (Å²) in [5, 5.41) is 3.32. The zero-order chi connectivity index (χ0) is 16.4. The summed E-state index contributed by atoms with van der Waals surface area (Å²) < 4.78 is 0.988. The third kappa shape index (κ3) is 3.73. The molecule has 0 aliphatic carbocycles. The van der Waals surface area contributed by atoms with E-state index in [-0.39, 0.29) is 5.91 Å². The van der Waals surface area contributed by atoms with E-state index in [0.29, 0.717) is 21.7 Å². The number of carbonyl (C=O) groups excluding carboxylic acids is 1. The second-order valence-electron chi connectivity index (χ2n) is 4.88. The summed E-state index contributed by atoms with van der Waals surface area (Å²) >= 11 is 6.33. The molecule has 2 aromatic rings. The van der Waals surface area contributed by atoms with Gasteiger partial charge in [0.15, 0.2) is 5.17 Å². The number of likely N-dealkylation sites (N-methyl/N-ethyl adjacent to an activating group) is 1. The number of rotatable bonds is 3. The average Bonchev–Trinajstić information content (AvgIpc) is 3.04. The highest BCUT2D eigenvalue weighted by molar-refractivity contribution is 9.10. The van der Waals surface area contributed by atoms with Crippen molar-refractivity contribution in [3.05, 3.63) is 50.3 Å². The van der Waals surface area contributed by atoms with Crippen molar-refractivity contribution in [3.8, 4) is 0 Å². The molecule has 0 unspecified atom stereocenters. The summed E-state index contributed by atoms with van der Waals surface area (Å²) in [6.07, 6.45) is 1.90. The van der Waals surface area contributed by atoms with Gasteiger partial charge in [0.1, 0.15) is 0 Å². The van der Waals surface area contributed by atoms with Crippen LogP contribution in [-0.4, -0.2) is 27.5 Å². The number of hydrogen-bond donors (Lipinski definition) is 0. The Morgan fingerprint density at radius 3 is 2.91 bits per heavy atom.